The van der Waals surface area contributed by atoms with E-state index >= 15 is 0 Å². The Labute approximate surface area is 149 Å². The fraction of sp³-hybridized carbons (Fsp3) is 0.158. The summed E-state index contributed by atoms with van der Waals surface area (Å²) in [6.45, 7) is 5.70. The number of benzene rings is 2. The first-order valence-corrected chi connectivity index (χ1v) is 7.94. The molecule has 0 bridgehead atoms. The van der Waals surface area contributed by atoms with Gasteiger partial charge in [-0.3, -0.25) is 0 Å². The van der Waals surface area contributed by atoms with Crippen LogP contribution in [0.25, 0.3) is 0 Å². The molecule has 134 valence electrons. The molecule has 4 nitrogen and oxygen atoms in total. The first-order chi connectivity index (χ1) is 12.3. The Hall–Kier alpha value is -3.09. The van der Waals surface area contributed by atoms with Gasteiger partial charge in [0.1, 0.15) is 5.82 Å². The zero-order valence-corrected chi connectivity index (χ0v) is 14.5. The standard InChI is InChI=1S/C19H17F3N4/c1-10-5-4-6-11(2)18(10)25-15-9-12(3)23-19(26-15)24-14-8-7-13(20)16(21)17(14)22/h4-9H,1-3H3,(H2,23,24,25,26). The van der Waals surface area contributed by atoms with Crippen molar-refractivity contribution in [3.05, 3.63) is 70.7 Å². The molecule has 3 rings (SSSR count). The maximum absolute atomic E-state index is 13.9. The lowest BCUT2D eigenvalue weighted by molar-refractivity contribution is 0.449. The highest BCUT2D eigenvalue weighted by atomic mass is 19.2. The first kappa shape index (κ1) is 17.7. The van der Waals surface area contributed by atoms with Crippen molar-refractivity contribution < 1.29 is 13.2 Å². The topological polar surface area (TPSA) is 49.8 Å². The zero-order chi connectivity index (χ0) is 18.8. The molecule has 7 heteroatoms. The van der Waals surface area contributed by atoms with Gasteiger partial charge in [-0.1, -0.05) is 18.2 Å². The maximum Gasteiger partial charge on any atom is 0.229 e. The SMILES string of the molecule is Cc1cc(Nc2c(C)cccc2C)nc(Nc2ccc(F)c(F)c2F)n1. The van der Waals surface area contributed by atoms with E-state index < -0.39 is 17.5 Å². The second-order valence-electron chi connectivity index (χ2n) is 5.96. The lowest BCUT2D eigenvalue weighted by atomic mass is 10.1. The molecule has 0 atom stereocenters. The molecule has 2 N–H and O–H groups in total. The van der Waals surface area contributed by atoms with Crippen molar-refractivity contribution in [1.82, 2.24) is 9.97 Å². The highest BCUT2D eigenvalue weighted by Crippen LogP contribution is 2.26. The van der Waals surface area contributed by atoms with Gasteiger partial charge in [-0.25, -0.2) is 18.2 Å². The summed E-state index contributed by atoms with van der Waals surface area (Å²) in [5.74, 6) is -3.55. The van der Waals surface area contributed by atoms with E-state index in [1.54, 1.807) is 13.0 Å². The van der Waals surface area contributed by atoms with Gasteiger partial charge in [0.2, 0.25) is 5.95 Å². The minimum absolute atomic E-state index is 0.0728. The summed E-state index contributed by atoms with van der Waals surface area (Å²) in [5, 5.41) is 5.82. The number of hydrogen-bond donors (Lipinski definition) is 2. The van der Waals surface area contributed by atoms with Crippen LogP contribution in [0.5, 0.6) is 0 Å². The van der Waals surface area contributed by atoms with Gasteiger partial charge in [0.15, 0.2) is 17.5 Å². The number of rotatable bonds is 4. The smallest absolute Gasteiger partial charge is 0.229 e. The summed E-state index contributed by atoms with van der Waals surface area (Å²) in [4.78, 5) is 8.45. The molecule has 0 spiro atoms. The minimum atomic E-state index is -1.54. The molecule has 1 aromatic heterocycles. The molecule has 0 amide bonds. The number of anilines is 4. The number of aryl methyl sites for hydroxylation is 3. The van der Waals surface area contributed by atoms with E-state index in [0.29, 0.717) is 11.5 Å². The Balaban J connectivity index is 1.92. The zero-order valence-electron chi connectivity index (χ0n) is 14.5. The van der Waals surface area contributed by atoms with Gasteiger partial charge in [-0.15, -0.1) is 0 Å². The van der Waals surface area contributed by atoms with E-state index in [1.165, 1.54) is 0 Å². The summed E-state index contributed by atoms with van der Waals surface area (Å²) in [7, 11) is 0. The molecular weight excluding hydrogens is 341 g/mol. The van der Waals surface area contributed by atoms with Crippen molar-refractivity contribution in [3.8, 4) is 0 Å². The molecule has 26 heavy (non-hydrogen) atoms. The van der Waals surface area contributed by atoms with Crippen molar-refractivity contribution in [3.63, 3.8) is 0 Å². The average molecular weight is 358 g/mol. The van der Waals surface area contributed by atoms with Crippen LogP contribution >= 0.6 is 0 Å². The van der Waals surface area contributed by atoms with Crippen molar-refractivity contribution in [2.24, 2.45) is 0 Å². The van der Waals surface area contributed by atoms with Crippen LogP contribution in [-0.4, -0.2) is 9.97 Å². The van der Waals surface area contributed by atoms with Crippen LogP contribution in [0.15, 0.2) is 36.4 Å². The quantitative estimate of drug-likeness (QED) is 0.621. The number of para-hydroxylation sites is 1. The third kappa shape index (κ3) is 3.61. The molecule has 2 aromatic carbocycles. The molecule has 0 saturated heterocycles. The number of aromatic nitrogens is 2. The van der Waals surface area contributed by atoms with Gasteiger partial charge in [0.05, 0.1) is 5.69 Å². The number of nitrogens with zero attached hydrogens (tertiary/aromatic N) is 2. The highest BCUT2D eigenvalue weighted by molar-refractivity contribution is 5.66. The van der Waals surface area contributed by atoms with Crippen LogP contribution in [-0.2, 0) is 0 Å². The van der Waals surface area contributed by atoms with Crippen molar-refractivity contribution in [2.45, 2.75) is 20.8 Å². The molecule has 0 radical (unpaired) electrons. The fourth-order valence-corrected chi connectivity index (χ4v) is 2.57. The van der Waals surface area contributed by atoms with Gasteiger partial charge in [-0.2, -0.15) is 4.98 Å². The number of halogens is 3. The molecule has 1 heterocycles. The van der Waals surface area contributed by atoms with Gasteiger partial charge < -0.3 is 10.6 Å². The van der Waals surface area contributed by atoms with E-state index in [-0.39, 0.29) is 11.6 Å². The average Bonchev–Trinajstić information content (AvgIpc) is 2.58. The van der Waals surface area contributed by atoms with E-state index in [9.17, 15) is 13.2 Å². The van der Waals surface area contributed by atoms with E-state index in [1.807, 2.05) is 32.0 Å². The second kappa shape index (κ2) is 7.03. The minimum Gasteiger partial charge on any atom is -0.340 e. The predicted molar refractivity (Wildman–Crippen MR) is 95.6 cm³/mol. The number of nitrogens with one attached hydrogen (secondary N) is 2. The second-order valence-corrected chi connectivity index (χ2v) is 5.96. The van der Waals surface area contributed by atoms with Crippen LogP contribution < -0.4 is 10.6 Å². The van der Waals surface area contributed by atoms with E-state index in [4.69, 9.17) is 0 Å². The Morgan fingerprint density at radius 3 is 2.19 bits per heavy atom. The Kier molecular flexibility index (Phi) is 4.79. The Morgan fingerprint density at radius 1 is 0.808 bits per heavy atom. The molecule has 3 aromatic rings. The highest BCUT2D eigenvalue weighted by Gasteiger charge is 2.15. The first-order valence-electron chi connectivity index (χ1n) is 7.94. The van der Waals surface area contributed by atoms with Crippen LogP contribution in [0.4, 0.5) is 36.3 Å². The van der Waals surface area contributed by atoms with Gasteiger partial charge in [-0.05, 0) is 44.0 Å². The monoisotopic (exact) mass is 358 g/mol. The molecule has 0 aliphatic heterocycles. The van der Waals surface area contributed by atoms with E-state index in [0.717, 1.165) is 28.9 Å². The fourth-order valence-electron chi connectivity index (χ4n) is 2.57. The van der Waals surface area contributed by atoms with Gasteiger partial charge >= 0.3 is 0 Å². The van der Waals surface area contributed by atoms with E-state index in [2.05, 4.69) is 20.6 Å². The lowest BCUT2D eigenvalue weighted by Gasteiger charge is -2.14. The van der Waals surface area contributed by atoms with Crippen molar-refractivity contribution in [2.75, 3.05) is 10.6 Å². The normalized spacial score (nSPS) is 10.7. The predicted octanol–water partition coefficient (Wildman–Crippen LogP) is 5.31. The van der Waals surface area contributed by atoms with Crippen molar-refractivity contribution in [1.29, 1.82) is 0 Å². The van der Waals surface area contributed by atoms with Crippen LogP contribution in [0.2, 0.25) is 0 Å². The molecular formula is C19H17F3N4. The summed E-state index contributed by atoms with van der Waals surface area (Å²) in [6, 6.07) is 9.57. The summed E-state index contributed by atoms with van der Waals surface area (Å²) in [6.07, 6.45) is 0. The largest absolute Gasteiger partial charge is 0.340 e. The third-order valence-corrected chi connectivity index (χ3v) is 3.87. The number of hydrogen-bond acceptors (Lipinski definition) is 4. The Morgan fingerprint density at radius 2 is 1.50 bits per heavy atom. The maximum atomic E-state index is 13.9. The van der Waals surface area contributed by atoms with Crippen molar-refractivity contribution >= 4 is 23.1 Å². The third-order valence-electron chi connectivity index (χ3n) is 3.87. The van der Waals surface area contributed by atoms with Gasteiger partial charge in [0, 0.05) is 17.4 Å². The lowest BCUT2D eigenvalue weighted by Crippen LogP contribution is -2.05. The van der Waals surface area contributed by atoms with Crippen LogP contribution in [0.3, 0.4) is 0 Å². The molecule has 0 aliphatic carbocycles. The summed E-state index contributed by atoms with van der Waals surface area (Å²) < 4.78 is 40.3. The summed E-state index contributed by atoms with van der Waals surface area (Å²) in [5.41, 5.74) is 3.38. The molecule has 0 fully saturated rings. The van der Waals surface area contributed by atoms with Gasteiger partial charge in [0.25, 0.3) is 0 Å². The van der Waals surface area contributed by atoms with Crippen LogP contribution in [0, 0.1) is 38.2 Å². The molecule has 0 unspecified atom stereocenters. The molecule has 0 aliphatic rings. The summed E-state index contributed by atoms with van der Waals surface area (Å²) >= 11 is 0. The molecule has 0 saturated carbocycles. The van der Waals surface area contributed by atoms with Crippen LogP contribution in [0.1, 0.15) is 16.8 Å². The Bertz CT molecular complexity index is 953.